The maximum Gasteiger partial charge on any atom is 0.251 e. The summed E-state index contributed by atoms with van der Waals surface area (Å²) in [6.45, 7) is 2.74. The second-order valence-electron chi connectivity index (χ2n) is 5.56. The molecule has 1 saturated heterocycles. The summed E-state index contributed by atoms with van der Waals surface area (Å²) in [4.78, 5) is 13.7. The molecule has 0 bridgehead atoms. The Hall–Kier alpha value is -1.65. The van der Waals surface area contributed by atoms with E-state index in [9.17, 15) is 4.79 Å². The van der Waals surface area contributed by atoms with Crippen LogP contribution in [0.3, 0.4) is 0 Å². The van der Waals surface area contributed by atoms with Gasteiger partial charge in [0.1, 0.15) is 0 Å². The zero-order chi connectivity index (χ0) is 14.5. The number of hydrogen-bond acceptors (Lipinski definition) is 3. The lowest BCUT2D eigenvalue weighted by Crippen LogP contribution is -2.47. The Kier molecular flexibility index (Phi) is 4.36. The van der Waals surface area contributed by atoms with Gasteiger partial charge >= 0.3 is 0 Å². The Morgan fingerprint density at radius 1 is 1.14 bits per heavy atom. The van der Waals surface area contributed by atoms with Gasteiger partial charge in [0.05, 0.1) is 0 Å². The molecular formula is C17H20N2OS. The Morgan fingerprint density at radius 3 is 2.57 bits per heavy atom. The van der Waals surface area contributed by atoms with E-state index in [4.69, 9.17) is 0 Å². The van der Waals surface area contributed by atoms with E-state index < -0.39 is 0 Å². The van der Waals surface area contributed by atoms with Crippen molar-refractivity contribution in [2.24, 2.45) is 0 Å². The third-order valence-corrected chi connectivity index (χ3v) is 5.34. The quantitative estimate of drug-likeness (QED) is 0.911. The molecule has 3 rings (SSSR count). The summed E-state index contributed by atoms with van der Waals surface area (Å²) in [5, 5.41) is 8.67. The third kappa shape index (κ3) is 3.17. The Balaban J connectivity index is 1.72. The summed E-state index contributed by atoms with van der Waals surface area (Å²) in [6.07, 6.45) is 2.14. The fourth-order valence-electron chi connectivity index (χ4n) is 2.94. The van der Waals surface area contributed by atoms with Crippen molar-refractivity contribution >= 4 is 17.2 Å². The highest BCUT2D eigenvalue weighted by molar-refractivity contribution is 7.10. The van der Waals surface area contributed by atoms with Crippen LogP contribution in [-0.4, -0.2) is 25.5 Å². The molecule has 0 atom stereocenters. The van der Waals surface area contributed by atoms with Gasteiger partial charge in [-0.05, 0) is 49.5 Å². The molecule has 1 amide bonds. The first-order chi connectivity index (χ1) is 10.3. The van der Waals surface area contributed by atoms with Crippen molar-refractivity contribution in [1.29, 1.82) is 0 Å². The van der Waals surface area contributed by atoms with Crippen molar-refractivity contribution in [2.45, 2.75) is 18.3 Å². The number of hydrogen-bond donors (Lipinski definition) is 2. The van der Waals surface area contributed by atoms with Crippen LogP contribution in [0.5, 0.6) is 0 Å². The van der Waals surface area contributed by atoms with E-state index in [2.05, 4.69) is 28.1 Å². The molecule has 0 saturated carbocycles. The van der Waals surface area contributed by atoms with Crippen LogP contribution in [0, 0.1) is 0 Å². The van der Waals surface area contributed by atoms with Crippen LogP contribution >= 0.6 is 11.3 Å². The van der Waals surface area contributed by atoms with Gasteiger partial charge in [-0.25, -0.2) is 0 Å². The molecule has 1 aliphatic rings. The van der Waals surface area contributed by atoms with Crippen molar-refractivity contribution < 1.29 is 4.79 Å². The third-order valence-electron chi connectivity index (χ3n) is 4.23. The van der Waals surface area contributed by atoms with Crippen molar-refractivity contribution in [2.75, 3.05) is 19.6 Å². The maximum atomic E-state index is 12.3. The molecule has 3 nitrogen and oxygen atoms in total. The average Bonchev–Trinajstić information content (AvgIpc) is 3.09. The number of carbonyl (C=O) groups is 1. The number of carbonyl (C=O) groups excluding carboxylic acids is 1. The number of amides is 1. The smallest absolute Gasteiger partial charge is 0.251 e. The molecule has 1 fully saturated rings. The Bertz CT molecular complexity index is 574. The van der Waals surface area contributed by atoms with Crippen LogP contribution in [0.15, 0.2) is 47.8 Å². The molecule has 2 heterocycles. The van der Waals surface area contributed by atoms with E-state index in [0.29, 0.717) is 6.54 Å². The number of piperidine rings is 1. The molecule has 0 unspecified atom stereocenters. The van der Waals surface area contributed by atoms with Gasteiger partial charge in [-0.3, -0.25) is 4.79 Å². The van der Waals surface area contributed by atoms with Crippen LogP contribution in [0.4, 0.5) is 0 Å². The van der Waals surface area contributed by atoms with Gasteiger partial charge in [0.2, 0.25) is 0 Å². The van der Waals surface area contributed by atoms with Crippen LogP contribution in [0.2, 0.25) is 0 Å². The molecule has 1 aromatic carbocycles. The van der Waals surface area contributed by atoms with Gasteiger partial charge in [0.25, 0.3) is 5.91 Å². The van der Waals surface area contributed by atoms with E-state index in [-0.39, 0.29) is 11.3 Å². The molecule has 0 aliphatic carbocycles. The monoisotopic (exact) mass is 300 g/mol. The van der Waals surface area contributed by atoms with Gasteiger partial charge in [-0.1, -0.05) is 24.3 Å². The predicted octanol–water partition coefficient (Wildman–Crippen LogP) is 2.80. The lowest BCUT2D eigenvalue weighted by Gasteiger charge is -2.37. The van der Waals surface area contributed by atoms with Crippen molar-refractivity contribution in [3.8, 4) is 0 Å². The first kappa shape index (κ1) is 14.3. The maximum absolute atomic E-state index is 12.3. The van der Waals surface area contributed by atoms with E-state index >= 15 is 0 Å². The van der Waals surface area contributed by atoms with Gasteiger partial charge in [-0.2, -0.15) is 0 Å². The normalized spacial score (nSPS) is 17.3. The Morgan fingerprint density at radius 2 is 1.90 bits per heavy atom. The van der Waals surface area contributed by atoms with E-state index in [1.54, 1.807) is 11.3 Å². The summed E-state index contributed by atoms with van der Waals surface area (Å²) < 4.78 is 0. The van der Waals surface area contributed by atoms with Crippen molar-refractivity contribution in [1.82, 2.24) is 10.6 Å². The summed E-state index contributed by atoms with van der Waals surface area (Å²) in [5.41, 5.74) is 0.817. The van der Waals surface area contributed by atoms with Crippen LogP contribution in [-0.2, 0) is 5.41 Å². The van der Waals surface area contributed by atoms with Gasteiger partial charge in [0, 0.05) is 22.4 Å². The van der Waals surface area contributed by atoms with Gasteiger partial charge < -0.3 is 10.6 Å². The average molecular weight is 300 g/mol. The second kappa shape index (κ2) is 6.41. The predicted molar refractivity (Wildman–Crippen MR) is 86.9 cm³/mol. The van der Waals surface area contributed by atoms with E-state index in [0.717, 1.165) is 31.5 Å². The zero-order valence-corrected chi connectivity index (χ0v) is 12.8. The fraction of sp³-hybridized carbons (Fsp3) is 0.353. The fourth-order valence-corrected chi connectivity index (χ4v) is 3.92. The molecule has 0 spiro atoms. The number of thiophene rings is 1. The molecule has 1 aliphatic heterocycles. The first-order valence-corrected chi connectivity index (χ1v) is 8.26. The molecular weight excluding hydrogens is 280 g/mol. The molecule has 2 aromatic rings. The van der Waals surface area contributed by atoms with Crippen LogP contribution in [0.25, 0.3) is 0 Å². The molecule has 21 heavy (non-hydrogen) atoms. The molecule has 2 N–H and O–H groups in total. The highest BCUT2D eigenvalue weighted by atomic mass is 32.1. The first-order valence-electron chi connectivity index (χ1n) is 7.38. The van der Waals surface area contributed by atoms with Crippen molar-refractivity contribution in [3.63, 3.8) is 0 Å². The molecule has 0 radical (unpaired) electrons. The SMILES string of the molecule is O=C(NCC1(c2cccs2)CCNCC1)c1ccccc1. The Labute approximate surface area is 129 Å². The lowest BCUT2D eigenvalue weighted by atomic mass is 9.77. The minimum Gasteiger partial charge on any atom is -0.351 e. The molecule has 1 aromatic heterocycles. The second-order valence-corrected chi connectivity index (χ2v) is 6.50. The van der Waals surface area contributed by atoms with Crippen LogP contribution < -0.4 is 10.6 Å². The summed E-state index contributed by atoms with van der Waals surface area (Å²) in [6, 6.07) is 13.7. The highest BCUT2D eigenvalue weighted by Gasteiger charge is 2.35. The topological polar surface area (TPSA) is 41.1 Å². The van der Waals surface area contributed by atoms with Gasteiger partial charge in [-0.15, -0.1) is 11.3 Å². The van der Waals surface area contributed by atoms with Crippen LogP contribution in [0.1, 0.15) is 28.1 Å². The number of rotatable bonds is 4. The zero-order valence-electron chi connectivity index (χ0n) is 12.0. The van der Waals surface area contributed by atoms with Crippen molar-refractivity contribution in [3.05, 3.63) is 58.3 Å². The van der Waals surface area contributed by atoms with Gasteiger partial charge in [0.15, 0.2) is 0 Å². The largest absolute Gasteiger partial charge is 0.351 e. The minimum absolute atomic E-state index is 0.0186. The number of nitrogens with one attached hydrogen (secondary N) is 2. The highest BCUT2D eigenvalue weighted by Crippen LogP contribution is 2.35. The minimum atomic E-state index is 0.0186. The van der Waals surface area contributed by atoms with E-state index in [1.165, 1.54) is 4.88 Å². The summed E-state index contributed by atoms with van der Waals surface area (Å²) >= 11 is 1.80. The summed E-state index contributed by atoms with van der Waals surface area (Å²) in [7, 11) is 0. The number of benzene rings is 1. The molecule has 4 heteroatoms. The standard InChI is InChI=1S/C17H20N2OS/c20-16(14-5-2-1-3-6-14)19-13-17(8-10-18-11-9-17)15-7-4-12-21-15/h1-7,12,18H,8-11,13H2,(H,19,20). The molecule has 110 valence electrons. The van der Waals surface area contributed by atoms with E-state index in [1.807, 2.05) is 30.3 Å². The lowest BCUT2D eigenvalue weighted by molar-refractivity contribution is 0.0938. The summed E-state index contributed by atoms with van der Waals surface area (Å²) in [5.74, 6) is 0.0186.